The summed E-state index contributed by atoms with van der Waals surface area (Å²) in [5, 5.41) is 0. The van der Waals surface area contributed by atoms with Gasteiger partial charge in [-0.1, -0.05) is 6.07 Å². The van der Waals surface area contributed by atoms with Crippen LogP contribution in [-0.4, -0.2) is 25.7 Å². The normalized spacial score (nSPS) is 12.9. The van der Waals surface area contributed by atoms with Gasteiger partial charge in [0.05, 0.1) is 6.61 Å². The van der Waals surface area contributed by atoms with Crippen molar-refractivity contribution in [2.24, 2.45) is 5.73 Å². The number of aromatic nitrogens is 1. The maximum atomic E-state index is 5.95. The highest BCUT2D eigenvalue weighted by atomic mass is 16.5. The van der Waals surface area contributed by atoms with E-state index in [-0.39, 0.29) is 0 Å². The van der Waals surface area contributed by atoms with Crippen LogP contribution in [0.25, 0.3) is 11.1 Å². The van der Waals surface area contributed by atoms with Crippen LogP contribution in [0.5, 0.6) is 5.75 Å². The Hall–Kier alpha value is -2.07. The van der Waals surface area contributed by atoms with Gasteiger partial charge >= 0.3 is 0 Å². The largest absolute Gasteiger partial charge is 0.493 e. The molecule has 4 nitrogen and oxygen atoms in total. The number of benzene rings is 1. The van der Waals surface area contributed by atoms with E-state index in [1.807, 2.05) is 37.3 Å². The van der Waals surface area contributed by atoms with Crippen LogP contribution < -0.4 is 15.4 Å². The molecular formula is C16H19N3O. The average Bonchev–Trinajstić information content (AvgIpc) is 2.93. The van der Waals surface area contributed by atoms with E-state index >= 15 is 0 Å². The number of fused-ring (bicyclic) bond motifs is 1. The molecule has 0 saturated heterocycles. The van der Waals surface area contributed by atoms with Gasteiger partial charge in [0, 0.05) is 38.8 Å². The summed E-state index contributed by atoms with van der Waals surface area (Å²) in [4.78, 5) is 6.43. The third-order valence-corrected chi connectivity index (χ3v) is 3.66. The van der Waals surface area contributed by atoms with Crippen LogP contribution in [0.2, 0.25) is 0 Å². The summed E-state index contributed by atoms with van der Waals surface area (Å²) < 4.78 is 5.56. The van der Waals surface area contributed by atoms with Crippen LogP contribution in [0, 0.1) is 0 Å². The molecule has 4 heteroatoms. The number of hydrogen-bond acceptors (Lipinski definition) is 4. The standard InChI is InChI=1S/C16H19N3O/c1-19(2)16-14(10-17)13(5-7-18-16)11-3-4-15-12(9-11)6-8-20-15/h3-5,7,9H,6,8,10,17H2,1-2H3. The van der Waals surface area contributed by atoms with Crippen LogP contribution in [0.4, 0.5) is 5.82 Å². The van der Waals surface area contributed by atoms with Crippen molar-refractivity contribution in [2.45, 2.75) is 13.0 Å². The lowest BCUT2D eigenvalue weighted by molar-refractivity contribution is 0.357. The second kappa shape index (κ2) is 5.13. The lowest BCUT2D eigenvalue weighted by Gasteiger charge is -2.18. The fourth-order valence-corrected chi connectivity index (χ4v) is 2.69. The molecule has 20 heavy (non-hydrogen) atoms. The topological polar surface area (TPSA) is 51.4 Å². The van der Waals surface area contributed by atoms with Crippen molar-refractivity contribution in [1.82, 2.24) is 4.98 Å². The lowest BCUT2D eigenvalue weighted by Crippen LogP contribution is -2.15. The van der Waals surface area contributed by atoms with Crippen LogP contribution in [0.15, 0.2) is 30.5 Å². The van der Waals surface area contributed by atoms with Gasteiger partial charge in [0.15, 0.2) is 0 Å². The molecule has 3 rings (SSSR count). The highest BCUT2D eigenvalue weighted by Crippen LogP contribution is 2.33. The zero-order valence-corrected chi connectivity index (χ0v) is 11.9. The second-order valence-corrected chi connectivity index (χ2v) is 5.18. The Kier molecular flexibility index (Phi) is 3.32. The van der Waals surface area contributed by atoms with Gasteiger partial charge in [0.1, 0.15) is 11.6 Å². The summed E-state index contributed by atoms with van der Waals surface area (Å²) in [5.74, 6) is 1.94. The summed E-state index contributed by atoms with van der Waals surface area (Å²) in [6.07, 6.45) is 2.82. The molecule has 0 bridgehead atoms. The number of ether oxygens (including phenoxy) is 1. The molecule has 0 amide bonds. The van der Waals surface area contributed by atoms with E-state index in [1.165, 1.54) is 11.1 Å². The van der Waals surface area contributed by atoms with Gasteiger partial charge in [0.2, 0.25) is 0 Å². The van der Waals surface area contributed by atoms with Crippen LogP contribution >= 0.6 is 0 Å². The maximum absolute atomic E-state index is 5.95. The van der Waals surface area contributed by atoms with E-state index in [2.05, 4.69) is 17.1 Å². The van der Waals surface area contributed by atoms with Crippen molar-refractivity contribution in [2.75, 3.05) is 25.6 Å². The molecule has 0 atom stereocenters. The molecule has 1 aliphatic heterocycles. The fourth-order valence-electron chi connectivity index (χ4n) is 2.69. The number of hydrogen-bond donors (Lipinski definition) is 1. The summed E-state index contributed by atoms with van der Waals surface area (Å²) in [6, 6.07) is 8.38. The Morgan fingerprint density at radius 2 is 2.15 bits per heavy atom. The van der Waals surface area contributed by atoms with Crippen molar-refractivity contribution < 1.29 is 4.74 Å². The molecule has 2 N–H and O–H groups in total. The van der Waals surface area contributed by atoms with E-state index in [4.69, 9.17) is 10.5 Å². The minimum absolute atomic E-state index is 0.476. The van der Waals surface area contributed by atoms with E-state index in [1.54, 1.807) is 0 Å². The Bertz CT molecular complexity index is 638. The molecular weight excluding hydrogens is 250 g/mol. The molecule has 0 radical (unpaired) electrons. The van der Waals surface area contributed by atoms with Gasteiger partial charge in [0.25, 0.3) is 0 Å². The number of rotatable bonds is 3. The molecule has 0 aliphatic carbocycles. The van der Waals surface area contributed by atoms with E-state index in [0.717, 1.165) is 35.7 Å². The summed E-state index contributed by atoms with van der Waals surface area (Å²) in [5.41, 5.74) is 10.6. The lowest BCUT2D eigenvalue weighted by atomic mass is 9.98. The van der Waals surface area contributed by atoms with Crippen molar-refractivity contribution in [1.29, 1.82) is 0 Å². The Morgan fingerprint density at radius 3 is 2.90 bits per heavy atom. The quantitative estimate of drug-likeness (QED) is 0.928. The Labute approximate surface area is 119 Å². The Morgan fingerprint density at radius 1 is 1.30 bits per heavy atom. The summed E-state index contributed by atoms with van der Waals surface area (Å²) >= 11 is 0. The van der Waals surface area contributed by atoms with Crippen LogP contribution in [-0.2, 0) is 13.0 Å². The van der Waals surface area contributed by atoms with E-state index in [9.17, 15) is 0 Å². The predicted molar refractivity (Wildman–Crippen MR) is 81.1 cm³/mol. The van der Waals surface area contributed by atoms with E-state index in [0.29, 0.717) is 6.54 Å². The van der Waals surface area contributed by atoms with Crippen LogP contribution in [0.3, 0.4) is 0 Å². The minimum Gasteiger partial charge on any atom is -0.493 e. The fraction of sp³-hybridized carbons (Fsp3) is 0.312. The van der Waals surface area contributed by atoms with Gasteiger partial charge in [-0.25, -0.2) is 4.98 Å². The predicted octanol–water partition coefficient (Wildman–Crippen LogP) is 2.21. The minimum atomic E-state index is 0.476. The van der Waals surface area contributed by atoms with Gasteiger partial charge in [-0.15, -0.1) is 0 Å². The first-order valence-electron chi connectivity index (χ1n) is 6.82. The monoisotopic (exact) mass is 269 g/mol. The van der Waals surface area contributed by atoms with E-state index < -0.39 is 0 Å². The second-order valence-electron chi connectivity index (χ2n) is 5.18. The zero-order valence-electron chi connectivity index (χ0n) is 11.9. The summed E-state index contributed by atoms with van der Waals surface area (Å²) in [6.45, 7) is 1.26. The maximum Gasteiger partial charge on any atom is 0.133 e. The molecule has 2 aromatic rings. The highest BCUT2D eigenvalue weighted by molar-refractivity contribution is 5.73. The van der Waals surface area contributed by atoms with Gasteiger partial charge in [-0.05, 0) is 34.9 Å². The third kappa shape index (κ3) is 2.12. The molecule has 1 aromatic heterocycles. The number of pyridine rings is 1. The molecule has 2 heterocycles. The van der Waals surface area contributed by atoms with Crippen LogP contribution in [0.1, 0.15) is 11.1 Å². The molecule has 1 aliphatic rings. The first kappa shape index (κ1) is 12.9. The Balaban J connectivity index is 2.12. The first-order chi connectivity index (χ1) is 9.70. The first-order valence-corrected chi connectivity index (χ1v) is 6.82. The van der Waals surface area contributed by atoms with Gasteiger partial charge in [-0.3, -0.25) is 0 Å². The van der Waals surface area contributed by atoms with Crippen molar-refractivity contribution in [3.05, 3.63) is 41.6 Å². The van der Waals surface area contributed by atoms with Gasteiger partial charge < -0.3 is 15.4 Å². The molecule has 0 saturated carbocycles. The molecule has 0 fully saturated rings. The summed E-state index contributed by atoms with van der Waals surface area (Å²) in [7, 11) is 3.98. The molecule has 104 valence electrons. The smallest absolute Gasteiger partial charge is 0.133 e. The zero-order chi connectivity index (χ0) is 14.1. The van der Waals surface area contributed by atoms with Crippen molar-refractivity contribution >= 4 is 5.82 Å². The third-order valence-electron chi connectivity index (χ3n) is 3.66. The molecule has 0 unspecified atom stereocenters. The number of nitrogens with two attached hydrogens (primary N) is 1. The SMILES string of the molecule is CN(C)c1nccc(-c2ccc3c(c2)CCO3)c1CN. The average molecular weight is 269 g/mol. The molecule has 0 spiro atoms. The van der Waals surface area contributed by atoms with Gasteiger partial charge in [-0.2, -0.15) is 0 Å². The number of nitrogens with zero attached hydrogens (tertiary/aromatic N) is 2. The number of anilines is 1. The van der Waals surface area contributed by atoms with Crippen molar-refractivity contribution in [3.8, 4) is 16.9 Å². The molecule has 1 aromatic carbocycles. The van der Waals surface area contributed by atoms with Crippen molar-refractivity contribution in [3.63, 3.8) is 0 Å². The highest BCUT2D eigenvalue weighted by Gasteiger charge is 2.16.